The average Bonchev–Trinajstić information content (AvgIpc) is 2.25. The molecule has 0 spiro atoms. The van der Waals surface area contributed by atoms with Crippen molar-refractivity contribution in [1.29, 1.82) is 0 Å². The highest BCUT2D eigenvalue weighted by molar-refractivity contribution is 5.88. The molecule has 0 aliphatic carbocycles. The molecule has 1 aromatic rings. The van der Waals surface area contributed by atoms with Crippen molar-refractivity contribution in [2.75, 3.05) is 13.7 Å². The van der Waals surface area contributed by atoms with Crippen LogP contribution in [0.1, 0.15) is 10.4 Å². The summed E-state index contributed by atoms with van der Waals surface area (Å²) in [6.07, 6.45) is -3.33. The van der Waals surface area contributed by atoms with Gasteiger partial charge in [0.1, 0.15) is 0 Å². The van der Waals surface area contributed by atoms with Gasteiger partial charge < -0.3 is 9.47 Å². The Hall–Kier alpha value is -1.79. The molecule has 0 aliphatic heterocycles. The van der Waals surface area contributed by atoms with Crippen LogP contribution in [0.15, 0.2) is 18.3 Å². The SMILES string of the molecule is COC(=O)c1ccc(OCC(F)(F)F)nc1. The Morgan fingerprint density at radius 3 is 2.56 bits per heavy atom. The predicted molar refractivity (Wildman–Crippen MR) is 47.1 cm³/mol. The van der Waals surface area contributed by atoms with E-state index < -0.39 is 18.8 Å². The van der Waals surface area contributed by atoms with Gasteiger partial charge in [0.25, 0.3) is 0 Å². The van der Waals surface area contributed by atoms with E-state index in [2.05, 4.69) is 14.5 Å². The van der Waals surface area contributed by atoms with Crippen molar-refractivity contribution < 1.29 is 27.4 Å². The molecular formula is C9H8F3NO3. The van der Waals surface area contributed by atoms with Gasteiger partial charge in [-0.3, -0.25) is 0 Å². The number of halogens is 3. The maximum atomic E-state index is 11.8. The van der Waals surface area contributed by atoms with Crippen LogP contribution in [0, 0.1) is 0 Å². The molecule has 0 atom stereocenters. The predicted octanol–water partition coefficient (Wildman–Crippen LogP) is 1.81. The molecule has 7 heteroatoms. The Balaban J connectivity index is 2.62. The van der Waals surface area contributed by atoms with E-state index in [0.717, 1.165) is 12.3 Å². The number of rotatable bonds is 3. The molecule has 0 bridgehead atoms. The van der Waals surface area contributed by atoms with Gasteiger partial charge in [-0.15, -0.1) is 0 Å². The minimum absolute atomic E-state index is 0.141. The molecular weight excluding hydrogens is 227 g/mol. The summed E-state index contributed by atoms with van der Waals surface area (Å²) in [6, 6.07) is 2.43. The first kappa shape index (κ1) is 12.3. The Morgan fingerprint density at radius 1 is 1.44 bits per heavy atom. The Bertz CT molecular complexity index is 361. The molecule has 16 heavy (non-hydrogen) atoms. The van der Waals surface area contributed by atoms with E-state index in [1.165, 1.54) is 13.2 Å². The van der Waals surface area contributed by atoms with E-state index in [0.29, 0.717) is 0 Å². The second kappa shape index (κ2) is 4.82. The van der Waals surface area contributed by atoms with Crippen LogP contribution in [0.2, 0.25) is 0 Å². The summed E-state index contributed by atoms with van der Waals surface area (Å²) in [7, 11) is 1.19. The molecule has 0 fully saturated rings. The van der Waals surface area contributed by atoms with Gasteiger partial charge in [-0.25, -0.2) is 9.78 Å². The highest BCUT2D eigenvalue weighted by atomic mass is 19.4. The van der Waals surface area contributed by atoms with Crippen molar-refractivity contribution in [3.05, 3.63) is 23.9 Å². The molecule has 0 amide bonds. The lowest BCUT2D eigenvalue weighted by atomic mass is 10.3. The summed E-state index contributed by atoms with van der Waals surface area (Å²) in [6.45, 7) is -1.42. The number of carbonyl (C=O) groups is 1. The van der Waals surface area contributed by atoms with Gasteiger partial charge in [-0.1, -0.05) is 0 Å². The summed E-state index contributed by atoms with van der Waals surface area (Å²) in [4.78, 5) is 14.5. The molecule has 0 unspecified atom stereocenters. The lowest BCUT2D eigenvalue weighted by Gasteiger charge is -2.08. The van der Waals surface area contributed by atoms with E-state index >= 15 is 0 Å². The lowest BCUT2D eigenvalue weighted by Crippen LogP contribution is -2.19. The second-order valence-corrected chi connectivity index (χ2v) is 2.78. The van der Waals surface area contributed by atoms with Crippen LogP contribution in [-0.2, 0) is 4.74 Å². The van der Waals surface area contributed by atoms with Crippen molar-refractivity contribution in [2.24, 2.45) is 0 Å². The molecule has 1 heterocycles. The summed E-state index contributed by atoms with van der Waals surface area (Å²) in [5.41, 5.74) is 0.141. The van der Waals surface area contributed by atoms with Crippen LogP contribution in [0.25, 0.3) is 0 Å². The number of hydrogen-bond donors (Lipinski definition) is 0. The third kappa shape index (κ3) is 3.76. The van der Waals surface area contributed by atoms with Crippen LogP contribution in [0.3, 0.4) is 0 Å². The van der Waals surface area contributed by atoms with Crippen molar-refractivity contribution in [1.82, 2.24) is 4.98 Å². The van der Waals surface area contributed by atoms with E-state index in [4.69, 9.17) is 0 Å². The lowest BCUT2D eigenvalue weighted by molar-refractivity contribution is -0.154. The zero-order valence-corrected chi connectivity index (χ0v) is 8.25. The number of ether oxygens (including phenoxy) is 2. The molecule has 0 aromatic carbocycles. The van der Waals surface area contributed by atoms with Crippen LogP contribution >= 0.6 is 0 Å². The standard InChI is InChI=1S/C9H8F3NO3/c1-15-8(14)6-2-3-7(13-4-6)16-5-9(10,11)12/h2-4H,5H2,1H3. The number of nitrogens with zero attached hydrogens (tertiary/aromatic N) is 1. The number of hydrogen-bond acceptors (Lipinski definition) is 4. The first-order valence-electron chi connectivity index (χ1n) is 4.16. The average molecular weight is 235 g/mol. The van der Waals surface area contributed by atoms with Gasteiger partial charge in [-0.2, -0.15) is 13.2 Å². The number of methoxy groups -OCH3 is 1. The van der Waals surface area contributed by atoms with E-state index in [1.807, 2.05) is 0 Å². The van der Waals surface area contributed by atoms with Gasteiger partial charge >= 0.3 is 12.1 Å². The van der Waals surface area contributed by atoms with Gasteiger partial charge in [0.15, 0.2) is 6.61 Å². The molecule has 4 nitrogen and oxygen atoms in total. The first-order valence-corrected chi connectivity index (χ1v) is 4.16. The Morgan fingerprint density at radius 2 is 2.12 bits per heavy atom. The number of alkyl halides is 3. The van der Waals surface area contributed by atoms with Crippen LogP contribution < -0.4 is 4.74 Å². The number of carbonyl (C=O) groups excluding carboxylic acids is 1. The first-order chi connectivity index (χ1) is 7.42. The van der Waals surface area contributed by atoms with E-state index in [9.17, 15) is 18.0 Å². The van der Waals surface area contributed by atoms with Gasteiger partial charge in [-0.05, 0) is 6.07 Å². The molecule has 0 radical (unpaired) electrons. The normalized spacial score (nSPS) is 11.0. The largest absolute Gasteiger partial charge is 0.468 e. The fourth-order valence-corrected chi connectivity index (χ4v) is 0.860. The molecule has 0 aliphatic rings. The minimum atomic E-state index is -4.41. The second-order valence-electron chi connectivity index (χ2n) is 2.78. The van der Waals surface area contributed by atoms with Crippen molar-refractivity contribution in [3.8, 4) is 5.88 Å². The third-order valence-corrected chi connectivity index (χ3v) is 1.54. The van der Waals surface area contributed by atoms with Gasteiger partial charge in [0, 0.05) is 12.3 Å². The van der Waals surface area contributed by atoms with Gasteiger partial charge in [0.05, 0.1) is 12.7 Å². The van der Waals surface area contributed by atoms with Gasteiger partial charge in [0.2, 0.25) is 5.88 Å². The smallest absolute Gasteiger partial charge is 0.422 e. The number of esters is 1. The van der Waals surface area contributed by atoms with Crippen LogP contribution in [-0.4, -0.2) is 30.8 Å². The van der Waals surface area contributed by atoms with Crippen molar-refractivity contribution >= 4 is 5.97 Å². The zero-order valence-electron chi connectivity index (χ0n) is 8.25. The van der Waals surface area contributed by atoms with Crippen LogP contribution in [0.4, 0.5) is 13.2 Å². The van der Waals surface area contributed by atoms with E-state index in [1.54, 1.807) is 0 Å². The summed E-state index contributed by atoms with van der Waals surface area (Å²) < 4.78 is 44.1. The third-order valence-electron chi connectivity index (χ3n) is 1.54. The fourth-order valence-electron chi connectivity index (χ4n) is 0.860. The maximum absolute atomic E-state index is 11.8. The quantitative estimate of drug-likeness (QED) is 0.749. The zero-order chi connectivity index (χ0) is 12.2. The Kier molecular flexibility index (Phi) is 3.70. The van der Waals surface area contributed by atoms with E-state index in [-0.39, 0.29) is 11.4 Å². The molecule has 0 saturated heterocycles. The fraction of sp³-hybridized carbons (Fsp3) is 0.333. The molecule has 0 saturated carbocycles. The monoisotopic (exact) mass is 235 g/mol. The highest BCUT2D eigenvalue weighted by Gasteiger charge is 2.28. The topological polar surface area (TPSA) is 48.4 Å². The number of aromatic nitrogens is 1. The Labute approximate surface area is 89.0 Å². The molecule has 1 rings (SSSR count). The maximum Gasteiger partial charge on any atom is 0.422 e. The summed E-state index contributed by atoms with van der Waals surface area (Å²) in [5.74, 6) is -0.820. The minimum Gasteiger partial charge on any atom is -0.468 e. The summed E-state index contributed by atoms with van der Waals surface area (Å²) in [5, 5.41) is 0. The number of pyridine rings is 1. The van der Waals surface area contributed by atoms with Crippen LogP contribution in [0.5, 0.6) is 5.88 Å². The highest BCUT2D eigenvalue weighted by Crippen LogP contribution is 2.17. The van der Waals surface area contributed by atoms with Crippen molar-refractivity contribution in [3.63, 3.8) is 0 Å². The molecule has 0 N–H and O–H groups in total. The molecule has 1 aromatic heterocycles. The summed E-state index contributed by atoms with van der Waals surface area (Å²) >= 11 is 0. The van der Waals surface area contributed by atoms with Crippen molar-refractivity contribution in [2.45, 2.75) is 6.18 Å². The molecule has 88 valence electrons.